The average Bonchev–Trinajstić information content (AvgIpc) is 3.76. The van der Waals surface area contributed by atoms with Crippen LogP contribution in [-0.2, 0) is 19.5 Å². The number of thioether (sulfide) groups is 1. The van der Waals surface area contributed by atoms with E-state index in [0.717, 1.165) is 90.5 Å². The number of nitro groups is 1. The molecule has 3 aliphatic heterocycles. The van der Waals surface area contributed by atoms with Gasteiger partial charge in [0.05, 0.1) is 52.7 Å². The van der Waals surface area contributed by atoms with E-state index in [9.17, 15) is 23.3 Å². The Morgan fingerprint density at radius 1 is 1.03 bits per heavy atom. The van der Waals surface area contributed by atoms with Crippen molar-refractivity contribution in [3.63, 3.8) is 0 Å². The minimum absolute atomic E-state index is 0.0802. The molecule has 18 heteroatoms. The normalized spacial score (nSPS) is 20.4. The number of carbonyl (C=O) groups is 1. The van der Waals surface area contributed by atoms with Gasteiger partial charge >= 0.3 is 0 Å². The molecule has 2 saturated heterocycles. The number of fused-ring (bicyclic) bond motifs is 2. The second-order valence-corrected chi connectivity index (χ2v) is 21.5. The zero-order valence-corrected chi connectivity index (χ0v) is 39.0. The lowest BCUT2D eigenvalue weighted by Crippen LogP contribution is -2.47. The molecule has 2 atom stereocenters. The Morgan fingerprint density at radius 3 is 2.58 bits per heavy atom. The average molecular weight is 942 g/mol. The molecule has 5 aromatic rings. The number of aromatic nitrogens is 2. The van der Waals surface area contributed by atoms with Crippen molar-refractivity contribution in [2.75, 3.05) is 80.8 Å². The summed E-state index contributed by atoms with van der Waals surface area (Å²) in [4.78, 5) is 40.5. The fourth-order valence-corrected chi connectivity index (χ4v) is 11.3. The first kappa shape index (κ1) is 45.0. The van der Waals surface area contributed by atoms with Gasteiger partial charge in [0.25, 0.3) is 21.6 Å². The number of ether oxygens (including phenoxy) is 2. The van der Waals surface area contributed by atoms with Crippen molar-refractivity contribution in [2.45, 2.75) is 61.3 Å². The maximum atomic E-state index is 14.4. The molecule has 342 valence electrons. The first-order chi connectivity index (χ1) is 31.2. The van der Waals surface area contributed by atoms with E-state index in [0.29, 0.717) is 32.1 Å². The van der Waals surface area contributed by atoms with Gasteiger partial charge in [0.2, 0.25) is 0 Å². The van der Waals surface area contributed by atoms with Crippen molar-refractivity contribution >= 4 is 84.3 Å². The standard InChI is InChI=1S/C47H53ClN8O7S2/c1-30-27-55(43-22-32-13-15-49-44(32)51-46(43)64-30)41-23-35(54-18-16-53(17-19-54)28-33-12-14-47(2,3)25-39(33)31-4-6-34(48)7-5-31)8-10-38(41)45(57)52-65(60,61)37-9-11-40(42(24-37)56(58)59)50-26-36-29-62-20-21-63-36/h4-11,13,15,22-24,30,36,50H,12,14,16-21,25-29H2,1-3H3,(H,49,51)(H,52,57)/t30-,36-/m1/s1. The number of carbonyl (C=O) groups excluding carboxylic acids is 1. The van der Waals surface area contributed by atoms with Crippen LogP contribution in [0.2, 0.25) is 5.02 Å². The van der Waals surface area contributed by atoms with Crippen LogP contribution in [0.3, 0.4) is 0 Å². The maximum absolute atomic E-state index is 14.4. The van der Waals surface area contributed by atoms with E-state index in [1.165, 1.54) is 28.8 Å². The number of nitro benzene ring substituents is 1. The third-order valence-electron chi connectivity index (χ3n) is 12.7. The van der Waals surface area contributed by atoms with Crippen molar-refractivity contribution < 1.29 is 27.6 Å². The lowest BCUT2D eigenvalue weighted by molar-refractivity contribution is -0.384. The molecule has 0 unspecified atom stereocenters. The highest BCUT2D eigenvalue weighted by Crippen LogP contribution is 2.45. The number of anilines is 4. The van der Waals surface area contributed by atoms with Gasteiger partial charge in [0.15, 0.2) is 0 Å². The summed E-state index contributed by atoms with van der Waals surface area (Å²) in [6.45, 7) is 12.8. The molecule has 0 bridgehead atoms. The summed E-state index contributed by atoms with van der Waals surface area (Å²) in [5, 5.41) is 17.7. The summed E-state index contributed by atoms with van der Waals surface area (Å²) in [5.41, 5.74) is 7.17. The van der Waals surface area contributed by atoms with Crippen molar-refractivity contribution in [1.29, 1.82) is 0 Å². The van der Waals surface area contributed by atoms with Gasteiger partial charge in [-0.25, -0.2) is 18.1 Å². The number of benzene rings is 3. The molecule has 1 amide bonds. The monoisotopic (exact) mass is 940 g/mol. The van der Waals surface area contributed by atoms with Gasteiger partial charge < -0.3 is 29.6 Å². The zero-order chi connectivity index (χ0) is 45.5. The third kappa shape index (κ3) is 10.0. The summed E-state index contributed by atoms with van der Waals surface area (Å²) in [5.74, 6) is -0.862. The van der Waals surface area contributed by atoms with Gasteiger partial charge in [-0.2, -0.15) is 0 Å². The van der Waals surface area contributed by atoms with E-state index in [1.54, 1.807) is 17.8 Å². The topological polar surface area (TPSA) is 175 Å². The van der Waals surface area contributed by atoms with Crippen LogP contribution in [0.4, 0.5) is 28.4 Å². The quantitative estimate of drug-likeness (QED) is 0.0803. The van der Waals surface area contributed by atoms with Crippen LogP contribution in [0.1, 0.15) is 56.0 Å². The van der Waals surface area contributed by atoms with Gasteiger partial charge in [-0.05, 0) is 90.4 Å². The molecule has 2 aromatic heterocycles. The van der Waals surface area contributed by atoms with Crippen LogP contribution in [0.25, 0.3) is 16.6 Å². The number of amides is 1. The van der Waals surface area contributed by atoms with Crippen LogP contribution in [0.15, 0.2) is 94.5 Å². The molecule has 65 heavy (non-hydrogen) atoms. The highest BCUT2D eigenvalue weighted by atomic mass is 35.5. The molecule has 0 saturated carbocycles. The molecule has 5 heterocycles. The molecular formula is C47H53ClN8O7S2. The fourth-order valence-electron chi connectivity index (χ4n) is 9.17. The SMILES string of the molecule is C[C@@H]1CN(c2cc(N3CCN(CC4=C(c5ccc(Cl)cc5)CC(C)(C)CC4)CC3)ccc2C(=O)NS(=O)(=O)c2ccc(NC[C@@H]3COCCO3)c([N+](=O)[O-])c2)c2cc3cc[nH]c3nc2S1. The number of nitrogens with one attached hydrogen (secondary N) is 3. The number of H-pyrrole nitrogens is 1. The maximum Gasteiger partial charge on any atom is 0.293 e. The molecule has 2 fully saturated rings. The van der Waals surface area contributed by atoms with Crippen LogP contribution in [0.5, 0.6) is 0 Å². The molecular weight excluding hydrogens is 888 g/mol. The van der Waals surface area contributed by atoms with Gasteiger partial charge in [-0.15, -0.1) is 0 Å². The molecule has 4 aliphatic rings. The number of nitrogens with zero attached hydrogens (tertiary/aromatic N) is 5. The first-order valence-corrected chi connectivity index (χ1v) is 24.7. The number of hydrogen-bond acceptors (Lipinski definition) is 13. The lowest BCUT2D eigenvalue weighted by Gasteiger charge is -2.40. The summed E-state index contributed by atoms with van der Waals surface area (Å²) in [6, 6.07) is 21.2. The van der Waals surface area contributed by atoms with E-state index in [2.05, 4.69) is 62.6 Å². The Bertz CT molecular complexity index is 2750. The third-order valence-corrected chi connectivity index (χ3v) is 15.3. The van der Waals surface area contributed by atoms with Gasteiger partial charge in [0.1, 0.15) is 16.4 Å². The molecule has 0 spiro atoms. The summed E-state index contributed by atoms with van der Waals surface area (Å²) >= 11 is 7.92. The van der Waals surface area contributed by atoms with Gasteiger partial charge in [-0.1, -0.05) is 61.8 Å². The van der Waals surface area contributed by atoms with Crippen molar-refractivity contribution in [3.05, 3.63) is 111 Å². The molecule has 1 aliphatic carbocycles. The van der Waals surface area contributed by atoms with E-state index in [1.807, 2.05) is 42.6 Å². The van der Waals surface area contributed by atoms with Crippen molar-refractivity contribution in [1.82, 2.24) is 19.6 Å². The first-order valence-electron chi connectivity index (χ1n) is 22.0. The Balaban J connectivity index is 0.987. The number of halogens is 1. The smallest absolute Gasteiger partial charge is 0.293 e. The van der Waals surface area contributed by atoms with E-state index < -0.39 is 31.4 Å². The number of sulfonamides is 1. The van der Waals surface area contributed by atoms with Crippen molar-refractivity contribution in [3.8, 4) is 0 Å². The summed E-state index contributed by atoms with van der Waals surface area (Å²) in [6.07, 6.45) is 4.73. The zero-order valence-electron chi connectivity index (χ0n) is 36.6. The van der Waals surface area contributed by atoms with Crippen LogP contribution in [0, 0.1) is 15.5 Å². The van der Waals surface area contributed by atoms with E-state index in [4.69, 9.17) is 26.1 Å². The molecule has 9 rings (SSSR count). The number of aromatic amines is 1. The predicted octanol–water partition coefficient (Wildman–Crippen LogP) is 8.49. The van der Waals surface area contributed by atoms with E-state index >= 15 is 0 Å². The molecule has 3 aromatic carbocycles. The Hall–Kier alpha value is -5.17. The van der Waals surface area contributed by atoms with Crippen LogP contribution in [-0.4, -0.2) is 111 Å². The highest BCUT2D eigenvalue weighted by molar-refractivity contribution is 8.00. The molecule has 3 N–H and O–H groups in total. The minimum Gasteiger partial charge on any atom is -0.377 e. The Labute approximate surface area is 388 Å². The van der Waals surface area contributed by atoms with Gasteiger partial charge in [0, 0.05) is 79.4 Å². The summed E-state index contributed by atoms with van der Waals surface area (Å²) in [7, 11) is -4.58. The second-order valence-electron chi connectivity index (χ2n) is 18.0. The lowest BCUT2D eigenvalue weighted by atomic mass is 9.72. The number of rotatable bonds is 12. The minimum atomic E-state index is -4.58. The number of piperazine rings is 1. The van der Waals surface area contributed by atoms with Crippen LogP contribution >= 0.6 is 23.4 Å². The van der Waals surface area contributed by atoms with Gasteiger partial charge in [-0.3, -0.25) is 19.8 Å². The largest absolute Gasteiger partial charge is 0.377 e. The summed E-state index contributed by atoms with van der Waals surface area (Å²) < 4.78 is 41.2. The molecule has 15 nitrogen and oxygen atoms in total. The second kappa shape index (κ2) is 18.6. The number of pyridine rings is 1. The fraction of sp³-hybridized carbons (Fsp3) is 0.404. The predicted molar refractivity (Wildman–Crippen MR) is 256 cm³/mol. The Kier molecular flexibility index (Phi) is 12.9. The molecule has 0 radical (unpaired) electrons. The van der Waals surface area contributed by atoms with E-state index in [-0.39, 0.29) is 34.6 Å². The Morgan fingerprint density at radius 2 is 1.83 bits per heavy atom. The number of allylic oxidation sites excluding steroid dienone is 1. The highest BCUT2D eigenvalue weighted by Gasteiger charge is 2.33. The van der Waals surface area contributed by atoms with Crippen molar-refractivity contribution in [2.24, 2.45) is 5.41 Å². The number of hydrogen-bond donors (Lipinski definition) is 3. The van der Waals surface area contributed by atoms with Crippen LogP contribution < -0.4 is 19.8 Å².